The Kier molecular flexibility index (Phi) is 7.75. The van der Waals surface area contributed by atoms with Gasteiger partial charge in [0, 0.05) is 10.4 Å². The third kappa shape index (κ3) is 5.88. The minimum Gasteiger partial charge on any atom is -0.493 e. The molecule has 0 atom stereocenters. The van der Waals surface area contributed by atoms with Gasteiger partial charge in [-0.25, -0.2) is 10.2 Å². The van der Waals surface area contributed by atoms with Crippen LogP contribution in [-0.2, 0) is 9.53 Å². The van der Waals surface area contributed by atoms with Crippen molar-refractivity contribution in [2.24, 2.45) is 5.10 Å². The highest BCUT2D eigenvalue weighted by molar-refractivity contribution is 14.1. The summed E-state index contributed by atoms with van der Waals surface area (Å²) >= 11 is 8.00. The van der Waals surface area contributed by atoms with Crippen LogP contribution >= 0.6 is 34.2 Å². The number of esters is 1. The van der Waals surface area contributed by atoms with E-state index in [1.54, 1.807) is 43.3 Å². The number of hydrazone groups is 1. The predicted octanol–water partition coefficient (Wildman–Crippen LogP) is 4.41. The number of amides is 1. The molecule has 0 radical (unpaired) electrons. The molecule has 0 fully saturated rings. The van der Waals surface area contributed by atoms with E-state index in [1.165, 1.54) is 13.3 Å². The van der Waals surface area contributed by atoms with Crippen molar-refractivity contribution in [2.75, 3.05) is 20.3 Å². The smallest absolute Gasteiger partial charge is 0.344 e. The van der Waals surface area contributed by atoms with Gasteiger partial charge in [0.1, 0.15) is 5.58 Å². The molecule has 3 aromatic rings. The van der Waals surface area contributed by atoms with Crippen LogP contribution < -0.4 is 14.9 Å². The molecule has 0 aliphatic rings. The van der Waals surface area contributed by atoms with Crippen molar-refractivity contribution in [3.05, 3.63) is 56.3 Å². The van der Waals surface area contributed by atoms with E-state index in [0.717, 1.165) is 5.39 Å². The first-order valence-corrected chi connectivity index (χ1v) is 10.6. The summed E-state index contributed by atoms with van der Waals surface area (Å²) in [5.74, 6) is -0.0260. The fourth-order valence-corrected chi connectivity index (χ4v) is 3.60. The molecule has 0 bridgehead atoms. The van der Waals surface area contributed by atoms with Crippen molar-refractivity contribution in [1.29, 1.82) is 0 Å². The average molecular weight is 557 g/mol. The zero-order valence-electron chi connectivity index (χ0n) is 16.6. The number of ether oxygens (including phenoxy) is 3. The molecule has 31 heavy (non-hydrogen) atoms. The van der Waals surface area contributed by atoms with Crippen molar-refractivity contribution < 1.29 is 28.2 Å². The van der Waals surface area contributed by atoms with Gasteiger partial charge in [-0.15, -0.1) is 0 Å². The number of nitrogens with one attached hydrogen (secondary N) is 1. The molecule has 1 amide bonds. The van der Waals surface area contributed by atoms with Gasteiger partial charge < -0.3 is 18.6 Å². The highest BCUT2D eigenvalue weighted by Crippen LogP contribution is 2.33. The summed E-state index contributed by atoms with van der Waals surface area (Å²) in [7, 11) is 1.49. The Balaban J connectivity index is 1.68. The van der Waals surface area contributed by atoms with E-state index < -0.39 is 11.9 Å². The molecule has 0 saturated carbocycles. The first-order chi connectivity index (χ1) is 14.9. The van der Waals surface area contributed by atoms with Crippen LogP contribution in [0.1, 0.15) is 23.0 Å². The zero-order chi connectivity index (χ0) is 22.4. The first-order valence-electron chi connectivity index (χ1n) is 9.09. The molecule has 0 saturated heterocycles. The molecular formula is C21H18ClIN2O6. The average Bonchev–Trinajstić information content (AvgIpc) is 3.16. The van der Waals surface area contributed by atoms with E-state index in [4.69, 9.17) is 30.2 Å². The number of carbonyl (C=O) groups excluding carboxylic acids is 2. The maximum absolute atomic E-state index is 12.3. The predicted molar refractivity (Wildman–Crippen MR) is 124 cm³/mol. The highest BCUT2D eigenvalue weighted by atomic mass is 127. The SMILES string of the molecule is CCOC(=O)COc1c(I)cc(/C=N/NC(=O)c2cc3cc(Cl)ccc3o2)cc1OC. The molecule has 2 aromatic carbocycles. The van der Waals surface area contributed by atoms with Gasteiger partial charge in [0.15, 0.2) is 23.9 Å². The fraction of sp³-hybridized carbons (Fsp3) is 0.190. The maximum atomic E-state index is 12.3. The number of hydrogen-bond acceptors (Lipinski definition) is 7. The summed E-state index contributed by atoms with van der Waals surface area (Å²) < 4.78 is 21.9. The number of rotatable bonds is 8. The van der Waals surface area contributed by atoms with Crippen molar-refractivity contribution >= 4 is 63.3 Å². The molecule has 8 nitrogen and oxygen atoms in total. The van der Waals surface area contributed by atoms with Gasteiger partial charge >= 0.3 is 11.9 Å². The Hall–Kier alpha value is -2.79. The Morgan fingerprint density at radius 1 is 1.26 bits per heavy atom. The normalized spacial score (nSPS) is 11.0. The summed E-state index contributed by atoms with van der Waals surface area (Å²) in [4.78, 5) is 23.8. The molecule has 0 unspecified atom stereocenters. The minimum absolute atomic E-state index is 0.115. The summed E-state index contributed by atoms with van der Waals surface area (Å²) in [6.07, 6.45) is 1.46. The number of methoxy groups -OCH3 is 1. The molecule has 10 heteroatoms. The molecule has 0 aliphatic heterocycles. The van der Waals surface area contributed by atoms with Crippen LogP contribution in [0.25, 0.3) is 11.0 Å². The Morgan fingerprint density at radius 2 is 2.06 bits per heavy atom. The first kappa shape index (κ1) is 22.9. The lowest BCUT2D eigenvalue weighted by Crippen LogP contribution is -2.17. The van der Waals surface area contributed by atoms with Crippen LogP contribution in [0, 0.1) is 3.57 Å². The Morgan fingerprint density at radius 3 is 2.81 bits per heavy atom. The molecule has 3 rings (SSSR count). The number of fused-ring (bicyclic) bond motifs is 1. The second-order valence-corrected chi connectivity index (χ2v) is 7.72. The van der Waals surface area contributed by atoms with E-state index in [9.17, 15) is 9.59 Å². The zero-order valence-corrected chi connectivity index (χ0v) is 19.5. The quantitative estimate of drug-likeness (QED) is 0.191. The van der Waals surface area contributed by atoms with E-state index in [0.29, 0.717) is 31.2 Å². The largest absolute Gasteiger partial charge is 0.493 e. The summed E-state index contributed by atoms with van der Waals surface area (Å²) in [6.45, 7) is 1.77. The lowest BCUT2D eigenvalue weighted by atomic mass is 10.2. The lowest BCUT2D eigenvalue weighted by Gasteiger charge is -2.13. The highest BCUT2D eigenvalue weighted by Gasteiger charge is 2.14. The van der Waals surface area contributed by atoms with Gasteiger partial charge in [0.2, 0.25) is 0 Å². The van der Waals surface area contributed by atoms with Gasteiger partial charge in [-0.05, 0) is 71.5 Å². The third-order valence-corrected chi connectivity index (χ3v) is 5.01. The summed E-state index contributed by atoms with van der Waals surface area (Å²) in [5, 5.41) is 5.24. The van der Waals surface area contributed by atoms with Gasteiger partial charge in [0.05, 0.1) is 23.5 Å². The molecule has 1 N–H and O–H groups in total. The fourth-order valence-electron chi connectivity index (χ4n) is 2.63. The van der Waals surface area contributed by atoms with Gasteiger partial charge in [-0.3, -0.25) is 4.79 Å². The Bertz CT molecular complexity index is 1140. The Labute approximate surface area is 196 Å². The van der Waals surface area contributed by atoms with Crippen molar-refractivity contribution in [3.63, 3.8) is 0 Å². The minimum atomic E-state index is -0.500. The standard InChI is InChI=1S/C21H18ClIN2O6/c1-3-29-19(26)11-30-20-15(23)6-12(7-17(20)28-2)10-24-25-21(27)18-9-13-8-14(22)4-5-16(13)31-18/h4-10H,3,11H2,1-2H3,(H,25,27)/b24-10+. The molecule has 162 valence electrons. The van der Waals surface area contributed by atoms with Crippen molar-refractivity contribution in [2.45, 2.75) is 6.92 Å². The number of benzene rings is 2. The number of nitrogens with zero attached hydrogens (tertiary/aromatic N) is 1. The van der Waals surface area contributed by atoms with Crippen molar-refractivity contribution in [1.82, 2.24) is 5.43 Å². The second-order valence-electron chi connectivity index (χ2n) is 6.12. The van der Waals surface area contributed by atoms with Crippen LogP contribution in [0.15, 0.2) is 45.9 Å². The van der Waals surface area contributed by atoms with Gasteiger partial charge in [-0.1, -0.05) is 11.6 Å². The van der Waals surface area contributed by atoms with Crippen LogP contribution in [0.4, 0.5) is 0 Å². The number of furan rings is 1. The van der Waals surface area contributed by atoms with Crippen LogP contribution in [-0.4, -0.2) is 38.4 Å². The number of hydrogen-bond donors (Lipinski definition) is 1. The molecular weight excluding hydrogens is 539 g/mol. The van der Waals surface area contributed by atoms with Crippen molar-refractivity contribution in [3.8, 4) is 11.5 Å². The summed E-state index contributed by atoms with van der Waals surface area (Å²) in [5.41, 5.74) is 3.62. The van der Waals surface area contributed by atoms with Gasteiger partial charge in [-0.2, -0.15) is 5.10 Å². The van der Waals surface area contributed by atoms with Crippen LogP contribution in [0.5, 0.6) is 11.5 Å². The number of halogens is 2. The van der Waals surface area contributed by atoms with Crippen LogP contribution in [0.3, 0.4) is 0 Å². The third-order valence-electron chi connectivity index (χ3n) is 3.97. The molecule has 1 heterocycles. The summed E-state index contributed by atoms with van der Waals surface area (Å²) in [6, 6.07) is 10.1. The maximum Gasteiger partial charge on any atom is 0.344 e. The van der Waals surface area contributed by atoms with E-state index in [1.807, 2.05) is 0 Å². The topological polar surface area (TPSA) is 99.4 Å². The van der Waals surface area contributed by atoms with E-state index in [2.05, 4.69) is 33.1 Å². The monoisotopic (exact) mass is 556 g/mol. The molecule has 1 aromatic heterocycles. The number of carbonyl (C=O) groups is 2. The van der Waals surface area contributed by atoms with Crippen LogP contribution in [0.2, 0.25) is 5.02 Å². The lowest BCUT2D eigenvalue weighted by molar-refractivity contribution is -0.145. The molecule has 0 aliphatic carbocycles. The van der Waals surface area contributed by atoms with E-state index in [-0.39, 0.29) is 19.0 Å². The van der Waals surface area contributed by atoms with Gasteiger partial charge in [0.25, 0.3) is 0 Å². The van der Waals surface area contributed by atoms with E-state index >= 15 is 0 Å². The molecule has 0 spiro atoms. The second kappa shape index (κ2) is 10.5.